The number of non-ortho nitro benzene ring substituents is 1. The van der Waals surface area contributed by atoms with Crippen molar-refractivity contribution in [3.8, 4) is 0 Å². The molecule has 1 aromatic rings. The maximum Gasteiger partial charge on any atom is 0.271 e. The molecule has 0 heterocycles. The summed E-state index contributed by atoms with van der Waals surface area (Å²) < 4.78 is 0. The van der Waals surface area contributed by atoms with Gasteiger partial charge in [0.1, 0.15) is 0 Å². The highest BCUT2D eigenvalue weighted by Crippen LogP contribution is 2.22. The van der Waals surface area contributed by atoms with Gasteiger partial charge in [-0.2, -0.15) is 11.8 Å². The largest absolute Gasteiger partial charge is 0.384 e. The van der Waals surface area contributed by atoms with Crippen LogP contribution in [0.4, 0.5) is 11.4 Å². The summed E-state index contributed by atoms with van der Waals surface area (Å²) in [5.41, 5.74) is 2.00. The van der Waals surface area contributed by atoms with Gasteiger partial charge >= 0.3 is 0 Å². The number of nitro groups is 1. The maximum atomic E-state index is 10.6. The third-order valence-electron chi connectivity index (χ3n) is 2.41. The van der Waals surface area contributed by atoms with Gasteiger partial charge in [0.2, 0.25) is 0 Å². The highest BCUT2D eigenvalue weighted by molar-refractivity contribution is 7.99. The van der Waals surface area contributed by atoms with Crippen LogP contribution in [0, 0.1) is 17.0 Å². The van der Waals surface area contributed by atoms with Crippen LogP contribution in [0.2, 0.25) is 0 Å². The van der Waals surface area contributed by atoms with Crippen LogP contribution in [0.5, 0.6) is 0 Å². The van der Waals surface area contributed by atoms with Crippen molar-refractivity contribution in [2.45, 2.75) is 19.1 Å². The molecule has 16 heavy (non-hydrogen) atoms. The fourth-order valence-electron chi connectivity index (χ4n) is 1.25. The molecule has 0 bridgehead atoms. The van der Waals surface area contributed by atoms with Crippen LogP contribution in [0.15, 0.2) is 18.2 Å². The molecule has 0 saturated carbocycles. The second kappa shape index (κ2) is 5.75. The predicted molar refractivity (Wildman–Crippen MR) is 69.3 cm³/mol. The van der Waals surface area contributed by atoms with Crippen LogP contribution in [0.3, 0.4) is 0 Å². The third kappa shape index (κ3) is 3.41. The lowest BCUT2D eigenvalue weighted by Gasteiger charge is -2.12. The smallest absolute Gasteiger partial charge is 0.271 e. The van der Waals surface area contributed by atoms with E-state index in [0.29, 0.717) is 5.25 Å². The van der Waals surface area contributed by atoms with Crippen molar-refractivity contribution in [3.63, 3.8) is 0 Å². The number of nitrogens with one attached hydrogen (secondary N) is 1. The Hall–Kier alpha value is -1.23. The summed E-state index contributed by atoms with van der Waals surface area (Å²) in [5.74, 6) is 0. The lowest BCUT2D eigenvalue weighted by atomic mass is 10.2. The zero-order chi connectivity index (χ0) is 12.1. The summed E-state index contributed by atoms with van der Waals surface area (Å²) in [5, 5.41) is 14.4. The van der Waals surface area contributed by atoms with E-state index < -0.39 is 0 Å². The zero-order valence-electron chi connectivity index (χ0n) is 9.69. The highest BCUT2D eigenvalue weighted by Gasteiger charge is 2.08. The predicted octanol–water partition coefficient (Wildman–Crippen LogP) is 3.07. The summed E-state index contributed by atoms with van der Waals surface area (Å²) in [6, 6.07) is 4.88. The molecule has 0 aliphatic carbocycles. The van der Waals surface area contributed by atoms with E-state index in [-0.39, 0.29) is 10.6 Å². The number of hydrogen-bond acceptors (Lipinski definition) is 4. The number of rotatable bonds is 5. The lowest BCUT2D eigenvalue weighted by Crippen LogP contribution is -2.13. The minimum Gasteiger partial charge on any atom is -0.384 e. The summed E-state index contributed by atoms with van der Waals surface area (Å²) in [6.07, 6.45) is 2.05. The molecule has 5 heteroatoms. The van der Waals surface area contributed by atoms with Gasteiger partial charge in [0.05, 0.1) is 4.92 Å². The molecule has 1 rings (SSSR count). The van der Waals surface area contributed by atoms with Crippen molar-refractivity contribution >= 4 is 23.1 Å². The van der Waals surface area contributed by atoms with E-state index in [1.54, 1.807) is 23.9 Å². The van der Waals surface area contributed by atoms with Gasteiger partial charge in [-0.15, -0.1) is 0 Å². The summed E-state index contributed by atoms with van der Waals surface area (Å²) in [7, 11) is 0. The average molecular weight is 240 g/mol. The molecule has 1 aromatic carbocycles. The van der Waals surface area contributed by atoms with Gasteiger partial charge in [0.15, 0.2) is 0 Å². The fourth-order valence-corrected chi connectivity index (χ4v) is 1.50. The van der Waals surface area contributed by atoms with E-state index in [0.717, 1.165) is 17.8 Å². The first-order chi connectivity index (χ1) is 7.54. The van der Waals surface area contributed by atoms with Crippen LogP contribution < -0.4 is 5.32 Å². The zero-order valence-corrected chi connectivity index (χ0v) is 10.5. The molecule has 0 radical (unpaired) electrons. The first kappa shape index (κ1) is 12.8. The Bertz CT molecular complexity index is 382. The molecule has 1 unspecified atom stereocenters. The Morgan fingerprint density at radius 3 is 2.81 bits per heavy atom. The quantitative estimate of drug-likeness (QED) is 0.634. The number of thioether (sulfide) groups is 1. The molecule has 0 amide bonds. The number of benzene rings is 1. The van der Waals surface area contributed by atoms with Crippen LogP contribution in [0.25, 0.3) is 0 Å². The normalized spacial score (nSPS) is 12.2. The molecule has 0 aliphatic rings. The van der Waals surface area contributed by atoms with Crippen LogP contribution in [0.1, 0.15) is 12.5 Å². The topological polar surface area (TPSA) is 55.2 Å². The molecule has 4 nitrogen and oxygen atoms in total. The van der Waals surface area contributed by atoms with Crippen LogP contribution in [-0.4, -0.2) is 23.0 Å². The number of aryl methyl sites for hydroxylation is 1. The van der Waals surface area contributed by atoms with E-state index in [4.69, 9.17) is 0 Å². The molecule has 0 fully saturated rings. The molecular formula is C11H16N2O2S. The van der Waals surface area contributed by atoms with Crippen molar-refractivity contribution in [3.05, 3.63) is 33.9 Å². The maximum absolute atomic E-state index is 10.6. The molecular weight excluding hydrogens is 224 g/mol. The summed E-state index contributed by atoms with van der Waals surface area (Å²) in [4.78, 5) is 10.3. The second-order valence-electron chi connectivity index (χ2n) is 3.68. The Morgan fingerprint density at radius 2 is 2.25 bits per heavy atom. The Labute approximate surface area is 99.6 Å². The SMILES string of the molecule is CSC(C)CNc1cc([N+](=O)[O-])ccc1C. The van der Waals surface area contributed by atoms with E-state index in [1.807, 2.05) is 13.2 Å². The van der Waals surface area contributed by atoms with Gasteiger partial charge in [-0.05, 0) is 18.7 Å². The highest BCUT2D eigenvalue weighted by atomic mass is 32.2. The van der Waals surface area contributed by atoms with Gasteiger partial charge in [-0.3, -0.25) is 10.1 Å². The van der Waals surface area contributed by atoms with Crippen molar-refractivity contribution in [1.82, 2.24) is 0 Å². The number of nitro benzene ring substituents is 1. The molecule has 0 aromatic heterocycles. The summed E-state index contributed by atoms with van der Waals surface area (Å²) >= 11 is 1.76. The fraction of sp³-hybridized carbons (Fsp3) is 0.455. The lowest BCUT2D eigenvalue weighted by molar-refractivity contribution is -0.384. The first-order valence-electron chi connectivity index (χ1n) is 5.06. The van der Waals surface area contributed by atoms with Crippen molar-refractivity contribution < 1.29 is 4.92 Å². The second-order valence-corrected chi connectivity index (χ2v) is 4.96. The Balaban J connectivity index is 2.78. The molecule has 88 valence electrons. The molecule has 0 spiro atoms. The van der Waals surface area contributed by atoms with E-state index in [1.165, 1.54) is 6.07 Å². The van der Waals surface area contributed by atoms with Gasteiger partial charge in [0.25, 0.3) is 5.69 Å². The number of hydrogen-bond donors (Lipinski definition) is 1. The first-order valence-corrected chi connectivity index (χ1v) is 6.35. The van der Waals surface area contributed by atoms with Gasteiger partial charge < -0.3 is 5.32 Å². The van der Waals surface area contributed by atoms with Crippen LogP contribution >= 0.6 is 11.8 Å². The standard InChI is InChI=1S/C11H16N2O2S/c1-8-4-5-10(13(14)15)6-11(8)12-7-9(2)16-3/h4-6,9,12H,7H2,1-3H3. The Morgan fingerprint density at radius 1 is 1.56 bits per heavy atom. The minimum atomic E-state index is -0.372. The number of nitrogens with zero attached hydrogens (tertiary/aromatic N) is 1. The molecule has 1 atom stereocenters. The molecule has 0 aliphatic heterocycles. The van der Waals surface area contributed by atoms with Crippen molar-refractivity contribution in [2.75, 3.05) is 18.1 Å². The average Bonchev–Trinajstić information content (AvgIpc) is 2.27. The molecule has 0 saturated heterocycles. The van der Waals surface area contributed by atoms with Gasteiger partial charge in [-0.25, -0.2) is 0 Å². The third-order valence-corrected chi connectivity index (χ3v) is 3.39. The van der Waals surface area contributed by atoms with E-state index >= 15 is 0 Å². The van der Waals surface area contributed by atoms with Crippen molar-refractivity contribution in [2.24, 2.45) is 0 Å². The van der Waals surface area contributed by atoms with Gasteiger partial charge in [-0.1, -0.05) is 13.0 Å². The Kier molecular flexibility index (Phi) is 4.61. The minimum absolute atomic E-state index is 0.130. The van der Waals surface area contributed by atoms with E-state index in [2.05, 4.69) is 12.2 Å². The summed E-state index contributed by atoms with van der Waals surface area (Å²) in [6.45, 7) is 4.86. The van der Waals surface area contributed by atoms with Crippen LogP contribution in [-0.2, 0) is 0 Å². The molecule has 1 N–H and O–H groups in total. The van der Waals surface area contributed by atoms with E-state index in [9.17, 15) is 10.1 Å². The monoisotopic (exact) mass is 240 g/mol. The van der Waals surface area contributed by atoms with Crippen molar-refractivity contribution in [1.29, 1.82) is 0 Å². The van der Waals surface area contributed by atoms with Gasteiger partial charge in [0, 0.05) is 29.6 Å². The number of anilines is 1.